The highest BCUT2D eigenvalue weighted by Crippen LogP contribution is 2.26. The lowest BCUT2D eigenvalue weighted by molar-refractivity contribution is 0.348. The molecular weight excluding hydrogens is 339 g/mol. The van der Waals surface area contributed by atoms with E-state index in [0.29, 0.717) is 16.0 Å². The van der Waals surface area contributed by atoms with Gasteiger partial charge >= 0.3 is 0 Å². The van der Waals surface area contributed by atoms with E-state index in [1.54, 1.807) is 0 Å². The summed E-state index contributed by atoms with van der Waals surface area (Å²) in [5.41, 5.74) is 2.27. The fourth-order valence-electron chi connectivity index (χ4n) is 2.58. The van der Waals surface area contributed by atoms with E-state index in [4.69, 9.17) is 34.8 Å². The fraction of sp³-hybridized carbons (Fsp3) is 0.294. The zero-order valence-corrected chi connectivity index (χ0v) is 14.3. The highest BCUT2D eigenvalue weighted by Gasteiger charge is 2.21. The average Bonchev–Trinajstić information content (AvgIpc) is 2.45. The smallest absolute Gasteiger partial charge is 0.0595 e. The van der Waals surface area contributed by atoms with Crippen LogP contribution in [0.25, 0.3) is 0 Å². The summed E-state index contributed by atoms with van der Waals surface area (Å²) in [7, 11) is 0. The van der Waals surface area contributed by atoms with Gasteiger partial charge in [-0.25, -0.2) is 0 Å². The summed E-state index contributed by atoms with van der Waals surface area (Å²) >= 11 is 18.3. The molecule has 116 valence electrons. The third-order valence-electron chi connectivity index (χ3n) is 3.88. The van der Waals surface area contributed by atoms with Gasteiger partial charge in [-0.15, -0.1) is 0 Å². The quantitative estimate of drug-likeness (QED) is 0.823. The Morgan fingerprint density at radius 2 is 1.82 bits per heavy atom. The van der Waals surface area contributed by atoms with Crippen molar-refractivity contribution in [2.24, 2.45) is 5.92 Å². The molecule has 1 saturated heterocycles. The molecule has 1 aliphatic rings. The Morgan fingerprint density at radius 1 is 1.00 bits per heavy atom. The molecule has 1 fully saturated rings. The van der Waals surface area contributed by atoms with Gasteiger partial charge in [0.05, 0.1) is 10.0 Å². The molecule has 0 atom stereocenters. The molecule has 0 unspecified atom stereocenters. The molecule has 2 aromatic rings. The van der Waals surface area contributed by atoms with Gasteiger partial charge in [0.1, 0.15) is 0 Å². The number of hydrogen-bond acceptors (Lipinski definition) is 2. The summed E-state index contributed by atoms with van der Waals surface area (Å²) in [6.45, 7) is 3.91. The third-order valence-corrected chi connectivity index (χ3v) is 4.85. The average molecular weight is 356 g/mol. The maximum Gasteiger partial charge on any atom is 0.0595 e. The molecular formula is C17H17Cl3N2. The highest BCUT2D eigenvalue weighted by molar-refractivity contribution is 6.42. The fourth-order valence-corrected chi connectivity index (χ4v) is 3.09. The lowest BCUT2D eigenvalue weighted by atomic mass is 10.0. The Hall–Kier alpha value is -0.930. The van der Waals surface area contributed by atoms with Gasteiger partial charge in [-0.3, -0.25) is 0 Å². The lowest BCUT2D eigenvalue weighted by Crippen LogP contribution is -2.48. The van der Waals surface area contributed by atoms with Crippen molar-refractivity contribution in [3.05, 3.63) is 63.1 Å². The Kier molecular flexibility index (Phi) is 5.14. The zero-order valence-electron chi connectivity index (χ0n) is 12.0. The lowest BCUT2D eigenvalue weighted by Gasteiger charge is -2.34. The molecule has 2 nitrogen and oxygen atoms in total. The van der Waals surface area contributed by atoms with E-state index in [9.17, 15) is 0 Å². The number of anilines is 1. The van der Waals surface area contributed by atoms with E-state index in [1.807, 2.05) is 36.4 Å². The van der Waals surface area contributed by atoms with Crippen molar-refractivity contribution >= 4 is 40.5 Å². The first kappa shape index (κ1) is 15.9. The van der Waals surface area contributed by atoms with Crippen molar-refractivity contribution in [3.8, 4) is 0 Å². The minimum Gasteiger partial charge on any atom is -0.367 e. The number of nitrogens with one attached hydrogen (secondary N) is 1. The van der Waals surface area contributed by atoms with Crippen LogP contribution < -0.4 is 10.2 Å². The molecule has 5 heteroatoms. The van der Waals surface area contributed by atoms with E-state index in [-0.39, 0.29) is 0 Å². The van der Waals surface area contributed by atoms with Gasteiger partial charge in [-0.1, -0.05) is 46.9 Å². The van der Waals surface area contributed by atoms with Gasteiger partial charge in [-0.05, 0) is 35.9 Å². The molecule has 2 aromatic carbocycles. The van der Waals surface area contributed by atoms with Gasteiger partial charge in [-0.2, -0.15) is 0 Å². The monoisotopic (exact) mass is 354 g/mol. The van der Waals surface area contributed by atoms with Crippen LogP contribution in [0.2, 0.25) is 15.1 Å². The topological polar surface area (TPSA) is 15.3 Å². The molecule has 0 aliphatic carbocycles. The molecule has 22 heavy (non-hydrogen) atoms. The Morgan fingerprint density at radius 3 is 2.45 bits per heavy atom. The second-order valence-electron chi connectivity index (χ2n) is 5.63. The molecule has 0 radical (unpaired) electrons. The van der Waals surface area contributed by atoms with Crippen molar-refractivity contribution < 1.29 is 0 Å². The summed E-state index contributed by atoms with van der Waals surface area (Å²) in [4.78, 5) is 2.34. The maximum absolute atomic E-state index is 6.14. The highest BCUT2D eigenvalue weighted by atomic mass is 35.5. The number of hydrogen-bond donors (Lipinski definition) is 1. The second-order valence-corrected chi connectivity index (χ2v) is 6.88. The molecule has 0 aromatic heterocycles. The minimum atomic E-state index is 0.586. The van der Waals surface area contributed by atoms with Gasteiger partial charge in [0.2, 0.25) is 0 Å². The summed E-state index contributed by atoms with van der Waals surface area (Å²) in [5, 5.41) is 5.25. The number of benzene rings is 2. The predicted octanol–water partition coefficient (Wildman–Crippen LogP) is 4.87. The first-order valence-corrected chi connectivity index (χ1v) is 8.40. The van der Waals surface area contributed by atoms with Crippen LogP contribution in [-0.4, -0.2) is 19.6 Å². The molecule has 1 heterocycles. The maximum atomic E-state index is 6.14. The van der Waals surface area contributed by atoms with Crippen molar-refractivity contribution in [3.63, 3.8) is 0 Å². The minimum absolute atomic E-state index is 0.586. The van der Waals surface area contributed by atoms with E-state index < -0.39 is 0 Å². The Balaban J connectivity index is 1.82. The zero-order chi connectivity index (χ0) is 15.5. The van der Waals surface area contributed by atoms with Crippen molar-refractivity contribution in [2.75, 3.05) is 24.5 Å². The van der Waals surface area contributed by atoms with Gasteiger partial charge in [0.15, 0.2) is 0 Å². The Labute approximate surface area is 146 Å². The first-order chi connectivity index (χ1) is 10.6. The van der Waals surface area contributed by atoms with E-state index >= 15 is 0 Å². The largest absolute Gasteiger partial charge is 0.367 e. The number of halogens is 3. The van der Waals surface area contributed by atoms with Gasteiger partial charge in [0, 0.05) is 42.8 Å². The van der Waals surface area contributed by atoms with Crippen molar-refractivity contribution in [1.29, 1.82) is 0 Å². The van der Waals surface area contributed by atoms with Crippen molar-refractivity contribution in [2.45, 2.75) is 6.54 Å². The summed E-state index contributed by atoms with van der Waals surface area (Å²) in [6, 6.07) is 13.8. The van der Waals surface area contributed by atoms with Crippen LogP contribution in [0.3, 0.4) is 0 Å². The van der Waals surface area contributed by atoms with Crippen molar-refractivity contribution in [1.82, 2.24) is 5.32 Å². The molecule has 0 bridgehead atoms. The van der Waals surface area contributed by atoms with Crippen LogP contribution in [0.4, 0.5) is 5.69 Å². The van der Waals surface area contributed by atoms with Gasteiger partial charge in [0.25, 0.3) is 0 Å². The molecule has 3 rings (SSSR count). The second kappa shape index (κ2) is 7.10. The van der Waals surface area contributed by atoms with Crippen LogP contribution in [-0.2, 0) is 6.54 Å². The normalized spacial score (nSPS) is 14.7. The summed E-state index contributed by atoms with van der Waals surface area (Å²) in [5.74, 6) is 0.668. The molecule has 0 spiro atoms. The number of rotatable bonds is 5. The van der Waals surface area contributed by atoms with Crippen LogP contribution in [0.1, 0.15) is 5.56 Å². The molecule has 0 saturated carbocycles. The van der Waals surface area contributed by atoms with E-state index in [1.165, 1.54) is 0 Å². The van der Waals surface area contributed by atoms with E-state index in [0.717, 1.165) is 42.5 Å². The van der Waals surface area contributed by atoms with Crippen LogP contribution in [0, 0.1) is 5.92 Å². The van der Waals surface area contributed by atoms with Gasteiger partial charge < -0.3 is 10.2 Å². The van der Waals surface area contributed by atoms with Crippen LogP contribution >= 0.6 is 34.8 Å². The first-order valence-electron chi connectivity index (χ1n) is 7.27. The van der Waals surface area contributed by atoms with E-state index in [2.05, 4.69) is 16.3 Å². The van der Waals surface area contributed by atoms with Crippen LogP contribution in [0.5, 0.6) is 0 Å². The van der Waals surface area contributed by atoms with Crippen LogP contribution in [0.15, 0.2) is 42.5 Å². The molecule has 0 amide bonds. The Bertz CT molecular complexity index is 656. The SMILES string of the molecule is Clc1cccc(N(Cc2ccc(Cl)c(Cl)c2)CC2CNC2)c1. The summed E-state index contributed by atoms with van der Waals surface area (Å²) < 4.78 is 0. The molecule has 1 N–H and O–H groups in total. The standard InChI is InChI=1S/C17H17Cl3N2/c18-14-2-1-3-15(7-14)22(11-13-8-21-9-13)10-12-4-5-16(19)17(20)6-12/h1-7,13,21H,8-11H2. The number of nitrogens with zero attached hydrogens (tertiary/aromatic N) is 1. The third kappa shape index (κ3) is 3.88. The molecule has 1 aliphatic heterocycles. The predicted molar refractivity (Wildman–Crippen MR) is 95.3 cm³/mol. The summed E-state index contributed by atoms with van der Waals surface area (Å²) in [6.07, 6.45) is 0.